The number of nitrogens with zero attached hydrogens (tertiary/aromatic N) is 2. The molecule has 0 aliphatic carbocycles. The zero-order valence-corrected chi connectivity index (χ0v) is 18.3. The molecule has 0 saturated heterocycles. The van der Waals surface area contributed by atoms with Gasteiger partial charge < -0.3 is 10.2 Å². The molecule has 0 aliphatic rings. The minimum Gasteiger partial charge on any atom is -0.378 e. The van der Waals surface area contributed by atoms with Crippen molar-refractivity contribution >= 4 is 33.2 Å². The Morgan fingerprint density at radius 2 is 1.68 bits per heavy atom. The fourth-order valence-corrected chi connectivity index (χ4v) is 4.07. The van der Waals surface area contributed by atoms with E-state index in [0.717, 1.165) is 11.3 Å². The summed E-state index contributed by atoms with van der Waals surface area (Å²) in [6.45, 7) is 3.87. The van der Waals surface area contributed by atoms with Crippen LogP contribution in [0.25, 0.3) is 0 Å². The summed E-state index contributed by atoms with van der Waals surface area (Å²) in [5.41, 5.74) is 2.12. The van der Waals surface area contributed by atoms with Gasteiger partial charge in [-0.25, -0.2) is 8.42 Å². The summed E-state index contributed by atoms with van der Waals surface area (Å²) in [5.74, 6) is -0.425. The van der Waals surface area contributed by atoms with Crippen LogP contribution in [0.3, 0.4) is 0 Å². The van der Waals surface area contributed by atoms with E-state index in [1.54, 1.807) is 13.8 Å². The molecule has 1 N–H and O–H groups in total. The minimum absolute atomic E-state index is 0.0357. The first kappa shape index (κ1) is 22.2. The van der Waals surface area contributed by atoms with Crippen LogP contribution in [0.1, 0.15) is 29.8 Å². The number of carbonyl (C=O) groups excluding carboxylic acids is 1. The molecule has 0 bridgehead atoms. The lowest BCUT2D eigenvalue weighted by molar-refractivity contribution is 0.0951. The molecule has 2 aromatic carbocycles. The molecule has 0 spiro atoms. The number of benzene rings is 2. The predicted molar refractivity (Wildman–Crippen MR) is 113 cm³/mol. The standard InChI is InChI=1S/C20H26ClN3O3S/c1-14(2)24(5)28(26,27)17-10-11-19(21)18(12-17)20(25)22-13-15-6-8-16(9-7-15)23(3)4/h6-12,14H,13H2,1-5H3,(H,22,25). The van der Waals surface area contributed by atoms with Crippen molar-refractivity contribution in [3.63, 3.8) is 0 Å². The van der Waals surface area contributed by atoms with E-state index in [1.165, 1.54) is 29.6 Å². The molecule has 0 fully saturated rings. The molecule has 152 valence electrons. The van der Waals surface area contributed by atoms with Crippen LogP contribution in [0.15, 0.2) is 47.4 Å². The average molecular weight is 424 g/mol. The topological polar surface area (TPSA) is 69.7 Å². The number of carbonyl (C=O) groups is 1. The van der Waals surface area contributed by atoms with Crippen LogP contribution >= 0.6 is 11.6 Å². The quantitative estimate of drug-likeness (QED) is 0.741. The fraction of sp³-hybridized carbons (Fsp3) is 0.350. The SMILES string of the molecule is CC(C)N(C)S(=O)(=O)c1ccc(Cl)c(C(=O)NCc2ccc(N(C)C)cc2)c1. The van der Waals surface area contributed by atoms with Crippen molar-refractivity contribution in [3.05, 3.63) is 58.6 Å². The Kier molecular flexibility index (Phi) is 7.09. The molecule has 1 amide bonds. The minimum atomic E-state index is -3.70. The third kappa shape index (κ3) is 5.04. The van der Waals surface area contributed by atoms with Gasteiger partial charge in [0.1, 0.15) is 0 Å². The van der Waals surface area contributed by atoms with Crippen LogP contribution in [0.5, 0.6) is 0 Å². The van der Waals surface area contributed by atoms with Crippen LogP contribution in [0.2, 0.25) is 5.02 Å². The van der Waals surface area contributed by atoms with E-state index in [0.29, 0.717) is 6.54 Å². The molecule has 2 aromatic rings. The number of nitrogens with one attached hydrogen (secondary N) is 1. The van der Waals surface area contributed by atoms with E-state index in [1.807, 2.05) is 43.3 Å². The summed E-state index contributed by atoms with van der Waals surface area (Å²) in [4.78, 5) is 14.6. The van der Waals surface area contributed by atoms with Gasteiger partial charge >= 0.3 is 0 Å². The number of amides is 1. The molecular weight excluding hydrogens is 398 g/mol. The first-order valence-corrected chi connectivity index (χ1v) is 10.7. The lowest BCUT2D eigenvalue weighted by Crippen LogP contribution is -2.33. The Bertz CT molecular complexity index is 942. The molecule has 0 radical (unpaired) electrons. The summed E-state index contributed by atoms with van der Waals surface area (Å²) >= 11 is 6.15. The van der Waals surface area contributed by atoms with Gasteiger partial charge in [0.15, 0.2) is 0 Å². The highest BCUT2D eigenvalue weighted by Crippen LogP contribution is 2.23. The average Bonchev–Trinajstić information content (AvgIpc) is 2.65. The zero-order valence-electron chi connectivity index (χ0n) is 16.7. The molecular formula is C20H26ClN3O3S. The Morgan fingerprint density at radius 3 is 2.21 bits per heavy atom. The van der Waals surface area contributed by atoms with Crippen molar-refractivity contribution in [2.45, 2.75) is 31.3 Å². The van der Waals surface area contributed by atoms with Gasteiger partial charge in [0.05, 0.1) is 15.5 Å². The number of anilines is 1. The number of sulfonamides is 1. The second kappa shape index (κ2) is 8.94. The summed E-state index contributed by atoms with van der Waals surface area (Å²) in [6, 6.07) is 11.7. The van der Waals surface area contributed by atoms with Crippen molar-refractivity contribution < 1.29 is 13.2 Å². The van der Waals surface area contributed by atoms with Gasteiger partial charge in [-0.1, -0.05) is 23.7 Å². The van der Waals surface area contributed by atoms with Gasteiger partial charge in [-0.2, -0.15) is 4.31 Å². The Hall–Kier alpha value is -2.09. The van der Waals surface area contributed by atoms with E-state index in [9.17, 15) is 13.2 Å². The van der Waals surface area contributed by atoms with E-state index in [4.69, 9.17) is 11.6 Å². The first-order chi connectivity index (χ1) is 13.0. The fourth-order valence-electron chi connectivity index (χ4n) is 2.47. The number of hydrogen-bond acceptors (Lipinski definition) is 4. The highest BCUT2D eigenvalue weighted by atomic mass is 35.5. The summed E-state index contributed by atoms with van der Waals surface area (Å²) in [7, 11) is 1.71. The Morgan fingerprint density at radius 1 is 1.07 bits per heavy atom. The van der Waals surface area contributed by atoms with Crippen molar-refractivity contribution in [2.24, 2.45) is 0 Å². The maximum atomic E-state index is 12.7. The summed E-state index contributed by atoms with van der Waals surface area (Å²) < 4.78 is 26.6. The van der Waals surface area contributed by atoms with E-state index in [2.05, 4.69) is 5.32 Å². The Labute approximate surface area is 172 Å². The first-order valence-electron chi connectivity index (χ1n) is 8.86. The Balaban J connectivity index is 2.19. The van der Waals surface area contributed by atoms with Gasteiger partial charge in [-0.15, -0.1) is 0 Å². The molecule has 8 heteroatoms. The number of hydrogen-bond donors (Lipinski definition) is 1. The summed E-state index contributed by atoms with van der Waals surface area (Å²) in [6.07, 6.45) is 0. The van der Waals surface area contributed by atoms with Crippen LogP contribution < -0.4 is 10.2 Å². The lowest BCUT2D eigenvalue weighted by atomic mass is 10.1. The normalized spacial score (nSPS) is 11.7. The van der Waals surface area contributed by atoms with Crippen molar-refractivity contribution in [1.82, 2.24) is 9.62 Å². The molecule has 6 nitrogen and oxygen atoms in total. The van der Waals surface area contributed by atoms with E-state index in [-0.39, 0.29) is 21.5 Å². The molecule has 28 heavy (non-hydrogen) atoms. The molecule has 0 atom stereocenters. The van der Waals surface area contributed by atoms with Gasteiger partial charge in [-0.3, -0.25) is 4.79 Å². The second-order valence-corrected chi connectivity index (χ2v) is 9.40. The van der Waals surface area contributed by atoms with Crippen molar-refractivity contribution in [3.8, 4) is 0 Å². The molecule has 0 saturated carbocycles. The maximum Gasteiger partial charge on any atom is 0.253 e. The molecule has 0 aliphatic heterocycles. The maximum absolute atomic E-state index is 12.7. The molecule has 0 unspecified atom stereocenters. The third-order valence-corrected chi connectivity index (χ3v) is 6.85. The zero-order chi connectivity index (χ0) is 21.1. The monoisotopic (exact) mass is 423 g/mol. The van der Waals surface area contributed by atoms with Crippen LogP contribution in [-0.2, 0) is 16.6 Å². The van der Waals surface area contributed by atoms with E-state index >= 15 is 0 Å². The largest absolute Gasteiger partial charge is 0.378 e. The smallest absolute Gasteiger partial charge is 0.253 e. The highest BCUT2D eigenvalue weighted by molar-refractivity contribution is 7.89. The lowest BCUT2D eigenvalue weighted by Gasteiger charge is -2.21. The van der Waals surface area contributed by atoms with Crippen molar-refractivity contribution in [2.75, 3.05) is 26.0 Å². The highest BCUT2D eigenvalue weighted by Gasteiger charge is 2.25. The van der Waals surface area contributed by atoms with E-state index < -0.39 is 15.9 Å². The second-order valence-electron chi connectivity index (χ2n) is 7.00. The van der Waals surface area contributed by atoms with Crippen LogP contribution in [0.4, 0.5) is 5.69 Å². The molecule has 0 heterocycles. The number of halogens is 1. The van der Waals surface area contributed by atoms with Gasteiger partial charge in [0.25, 0.3) is 5.91 Å². The summed E-state index contributed by atoms with van der Waals surface area (Å²) in [5, 5.41) is 2.99. The third-order valence-electron chi connectivity index (χ3n) is 4.49. The molecule has 0 aromatic heterocycles. The van der Waals surface area contributed by atoms with Gasteiger partial charge in [0.2, 0.25) is 10.0 Å². The van der Waals surface area contributed by atoms with Gasteiger partial charge in [-0.05, 0) is 49.7 Å². The van der Waals surface area contributed by atoms with Crippen molar-refractivity contribution in [1.29, 1.82) is 0 Å². The predicted octanol–water partition coefficient (Wildman–Crippen LogP) is 3.36. The van der Waals surface area contributed by atoms with Crippen LogP contribution in [-0.4, -0.2) is 45.8 Å². The van der Waals surface area contributed by atoms with Crippen LogP contribution in [0, 0.1) is 0 Å². The molecule has 2 rings (SSSR count). The van der Waals surface area contributed by atoms with Gasteiger partial charge in [0, 0.05) is 39.4 Å². The number of rotatable bonds is 7.